The first-order valence-corrected chi connectivity index (χ1v) is 13.0. The Morgan fingerprint density at radius 2 is 1.71 bits per heavy atom. The predicted octanol–water partition coefficient (Wildman–Crippen LogP) is 4.32. The highest BCUT2D eigenvalue weighted by Gasteiger charge is 2.21. The third-order valence-corrected chi connectivity index (χ3v) is 8.69. The lowest BCUT2D eigenvalue weighted by molar-refractivity contribution is 0.0956. The van der Waals surface area contributed by atoms with Crippen molar-refractivity contribution in [2.45, 2.75) is 42.2 Å². The minimum Gasteiger partial charge on any atom is -0.497 e. The molecular formula is C23H30N2O4S2. The number of thioether (sulfide) groups is 1. The second-order valence-corrected chi connectivity index (χ2v) is 11.0. The molecule has 2 aromatic carbocycles. The van der Waals surface area contributed by atoms with Gasteiger partial charge in [-0.1, -0.05) is 19.3 Å². The summed E-state index contributed by atoms with van der Waals surface area (Å²) in [5.41, 5.74) is 1.00. The van der Waals surface area contributed by atoms with Gasteiger partial charge in [0.25, 0.3) is 15.9 Å². The Morgan fingerprint density at radius 3 is 2.32 bits per heavy atom. The molecular weight excluding hydrogens is 432 g/mol. The minimum absolute atomic E-state index is 0.142. The summed E-state index contributed by atoms with van der Waals surface area (Å²) in [4.78, 5) is 12.6. The van der Waals surface area contributed by atoms with E-state index in [1.54, 1.807) is 36.4 Å². The first-order valence-electron chi connectivity index (χ1n) is 10.5. The van der Waals surface area contributed by atoms with Crippen molar-refractivity contribution >= 4 is 33.4 Å². The highest BCUT2D eigenvalue weighted by Crippen LogP contribution is 2.28. The highest BCUT2D eigenvalue weighted by molar-refractivity contribution is 7.99. The number of nitrogens with zero attached hydrogens (tertiary/aromatic N) is 1. The van der Waals surface area contributed by atoms with Crippen molar-refractivity contribution in [3.8, 4) is 5.75 Å². The van der Waals surface area contributed by atoms with Gasteiger partial charge in [-0.25, -0.2) is 8.42 Å². The van der Waals surface area contributed by atoms with Crippen LogP contribution in [-0.2, 0) is 10.0 Å². The molecule has 168 valence electrons. The van der Waals surface area contributed by atoms with Gasteiger partial charge in [-0.15, -0.1) is 0 Å². The molecule has 6 nitrogen and oxygen atoms in total. The zero-order chi connectivity index (χ0) is 22.3. The van der Waals surface area contributed by atoms with Crippen molar-refractivity contribution < 1.29 is 17.9 Å². The first kappa shape index (κ1) is 23.5. The molecule has 2 aromatic rings. The summed E-state index contributed by atoms with van der Waals surface area (Å²) in [7, 11) is -0.676. The third-order valence-electron chi connectivity index (χ3n) is 5.50. The summed E-state index contributed by atoms with van der Waals surface area (Å²) in [5, 5.41) is 3.68. The number of hydrogen-bond donors (Lipinski definition) is 1. The van der Waals surface area contributed by atoms with Crippen LogP contribution >= 0.6 is 11.8 Å². The van der Waals surface area contributed by atoms with Crippen molar-refractivity contribution in [2.75, 3.05) is 30.8 Å². The number of carbonyl (C=O) groups is 1. The second kappa shape index (κ2) is 10.9. The third kappa shape index (κ3) is 6.17. The lowest BCUT2D eigenvalue weighted by Crippen LogP contribution is -2.28. The van der Waals surface area contributed by atoms with Crippen LogP contribution < -0.4 is 14.4 Å². The van der Waals surface area contributed by atoms with E-state index in [2.05, 4.69) is 5.32 Å². The summed E-state index contributed by atoms with van der Waals surface area (Å²) in [6.07, 6.45) is 6.55. The molecule has 1 aliphatic rings. The van der Waals surface area contributed by atoms with Gasteiger partial charge in [-0.2, -0.15) is 11.8 Å². The van der Waals surface area contributed by atoms with Gasteiger partial charge in [-0.05, 0) is 61.4 Å². The Kier molecular flexibility index (Phi) is 8.26. The molecule has 0 saturated heterocycles. The van der Waals surface area contributed by atoms with Crippen LogP contribution in [0.15, 0.2) is 53.4 Å². The number of sulfonamides is 1. The number of amides is 1. The Bertz CT molecular complexity index is 954. The van der Waals surface area contributed by atoms with E-state index in [0.29, 0.717) is 23.5 Å². The van der Waals surface area contributed by atoms with Crippen molar-refractivity contribution in [2.24, 2.45) is 0 Å². The Labute approximate surface area is 189 Å². The molecule has 0 bridgehead atoms. The largest absolute Gasteiger partial charge is 0.497 e. The number of ether oxygens (including phenoxy) is 1. The van der Waals surface area contributed by atoms with Crippen LogP contribution in [0.25, 0.3) is 0 Å². The number of benzene rings is 2. The summed E-state index contributed by atoms with van der Waals surface area (Å²) < 4.78 is 32.0. The molecule has 1 fully saturated rings. The topological polar surface area (TPSA) is 75.7 Å². The van der Waals surface area contributed by atoms with Gasteiger partial charge < -0.3 is 10.1 Å². The highest BCUT2D eigenvalue weighted by atomic mass is 32.2. The van der Waals surface area contributed by atoms with Gasteiger partial charge in [0.05, 0.1) is 17.7 Å². The number of methoxy groups -OCH3 is 1. The molecule has 0 heterocycles. The number of carbonyl (C=O) groups excluding carboxylic acids is 1. The van der Waals surface area contributed by atoms with Gasteiger partial charge >= 0.3 is 0 Å². The van der Waals surface area contributed by atoms with Crippen LogP contribution in [0.5, 0.6) is 5.75 Å². The molecule has 0 spiro atoms. The maximum Gasteiger partial charge on any atom is 0.264 e. The summed E-state index contributed by atoms with van der Waals surface area (Å²) in [6, 6.07) is 12.8. The van der Waals surface area contributed by atoms with Crippen molar-refractivity contribution in [3.63, 3.8) is 0 Å². The molecule has 31 heavy (non-hydrogen) atoms. The maximum atomic E-state index is 12.9. The summed E-state index contributed by atoms with van der Waals surface area (Å²) in [6.45, 7) is 0.632. The Morgan fingerprint density at radius 1 is 1.06 bits per heavy atom. The smallest absolute Gasteiger partial charge is 0.264 e. The zero-order valence-corrected chi connectivity index (χ0v) is 19.7. The van der Waals surface area contributed by atoms with E-state index in [4.69, 9.17) is 4.74 Å². The average Bonchev–Trinajstić information content (AvgIpc) is 2.82. The molecule has 0 aliphatic heterocycles. The quantitative estimate of drug-likeness (QED) is 0.562. The van der Waals surface area contributed by atoms with E-state index < -0.39 is 10.0 Å². The molecule has 3 rings (SSSR count). The summed E-state index contributed by atoms with van der Waals surface area (Å²) in [5.74, 6) is 1.36. The molecule has 0 radical (unpaired) electrons. The van der Waals surface area contributed by atoms with Gasteiger partial charge in [-0.3, -0.25) is 9.10 Å². The fourth-order valence-electron chi connectivity index (χ4n) is 3.59. The molecule has 1 aliphatic carbocycles. The Balaban J connectivity index is 1.54. The van der Waals surface area contributed by atoms with Crippen LogP contribution in [0.4, 0.5) is 5.69 Å². The number of hydrogen-bond acceptors (Lipinski definition) is 5. The lowest BCUT2D eigenvalue weighted by Gasteiger charge is -2.21. The molecule has 1 saturated carbocycles. The number of rotatable bonds is 9. The average molecular weight is 463 g/mol. The van der Waals surface area contributed by atoms with Crippen LogP contribution in [-0.4, -0.2) is 46.0 Å². The van der Waals surface area contributed by atoms with Crippen LogP contribution in [0.1, 0.15) is 42.5 Å². The monoisotopic (exact) mass is 462 g/mol. The zero-order valence-electron chi connectivity index (χ0n) is 18.0. The van der Waals surface area contributed by atoms with Gasteiger partial charge in [0.15, 0.2) is 0 Å². The maximum absolute atomic E-state index is 12.9. The van der Waals surface area contributed by atoms with Crippen molar-refractivity contribution in [1.29, 1.82) is 0 Å². The number of anilines is 1. The van der Waals surface area contributed by atoms with Crippen molar-refractivity contribution in [1.82, 2.24) is 5.32 Å². The van der Waals surface area contributed by atoms with E-state index in [1.807, 2.05) is 11.8 Å². The molecule has 0 aromatic heterocycles. The number of nitrogens with one attached hydrogen (secondary N) is 1. The van der Waals surface area contributed by atoms with E-state index >= 15 is 0 Å². The molecule has 1 N–H and O–H groups in total. The van der Waals surface area contributed by atoms with E-state index in [-0.39, 0.29) is 10.8 Å². The van der Waals surface area contributed by atoms with Crippen LogP contribution in [0.3, 0.4) is 0 Å². The van der Waals surface area contributed by atoms with Gasteiger partial charge in [0.1, 0.15) is 5.75 Å². The summed E-state index contributed by atoms with van der Waals surface area (Å²) >= 11 is 1.95. The van der Waals surface area contributed by atoms with E-state index in [9.17, 15) is 13.2 Å². The van der Waals surface area contributed by atoms with E-state index in [1.165, 1.54) is 62.7 Å². The molecule has 0 unspecified atom stereocenters. The molecule has 1 amide bonds. The van der Waals surface area contributed by atoms with Crippen molar-refractivity contribution in [3.05, 3.63) is 54.1 Å². The normalized spacial score (nSPS) is 14.8. The fraction of sp³-hybridized carbons (Fsp3) is 0.435. The minimum atomic E-state index is -3.70. The Hall–Kier alpha value is -2.19. The SMILES string of the molecule is COc1ccc(S(=O)(=O)N(C)c2ccc(C(=O)NCCSC3CCCCC3)cc2)cc1. The van der Waals surface area contributed by atoms with E-state index in [0.717, 1.165) is 11.0 Å². The van der Waals surface area contributed by atoms with Crippen LogP contribution in [0.2, 0.25) is 0 Å². The predicted molar refractivity (Wildman–Crippen MR) is 127 cm³/mol. The van der Waals surface area contributed by atoms with Gasteiger partial charge in [0.2, 0.25) is 0 Å². The fourth-order valence-corrected chi connectivity index (χ4v) is 6.01. The second-order valence-electron chi connectivity index (χ2n) is 7.58. The van der Waals surface area contributed by atoms with Crippen LogP contribution in [0, 0.1) is 0 Å². The molecule has 0 atom stereocenters. The standard InChI is InChI=1S/C23H30N2O4S2/c1-25(31(27,28)22-14-12-20(29-2)13-15-22)19-10-8-18(9-11-19)23(26)24-16-17-30-21-6-4-3-5-7-21/h8-15,21H,3-7,16-17H2,1-2H3,(H,24,26). The molecule has 8 heteroatoms. The first-order chi connectivity index (χ1) is 14.9. The lowest BCUT2D eigenvalue weighted by atomic mass is 10.0. The van der Waals surface area contributed by atoms with Gasteiger partial charge in [0, 0.05) is 30.2 Å².